The van der Waals surface area contributed by atoms with Crippen LogP contribution in [0.25, 0.3) is 0 Å². The second-order valence-electron chi connectivity index (χ2n) is 15.3. The number of carbonyl (C=O) groups excluding carboxylic acids is 1. The molecule has 5 rings (SSSR count). The minimum absolute atomic E-state index is 0.0124. The average molecular weight is 611 g/mol. The van der Waals surface area contributed by atoms with Gasteiger partial charge in [-0.1, -0.05) is 77.2 Å². The Morgan fingerprint density at radius 3 is 2.42 bits per heavy atom. The summed E-state index contributed by atoms with van der Waals surface area (Å²) in [5.41, 5.74) is 3.39. The van der Waals surface area contributed by atoms with E-state index in [1.807, 2.05) is 19.1 Å². The molecule has 0 aromatic heterocycles. The van der Waals surface area contributed by atoms with Crippen molar-refractivity contribution < 1.29 is 17.9 Å². The molecule has 0 unspecified atom stereocenters. The van der Waals surface area contributed by atoms with Crippen molar-refractivity contribution in [2.75, 3.05) is 0 Å². The van der Waals surface area contributed by atoms with Crippen molar-refractivity contribution in [2.45, 2.75) is 124 Å². The largest absolute Gasteiger partial charge is 0.462 e. The van der Waals surface area contributed by atoms with E-state index in [2.05, 4.69) is 45.5 Å². The van der Waals surface area contributed by atoms with E-state index in [1.165, 1.54) is 51.0 Å². The predicted molar refractivity (Wildman–Crippen MR) is 173 cm³/mol. The maximum Gasteiger partial charge on any atom is 0.302 e. The first-order valence-electron chi connectivity index (χ1n) is 16.8. The highest BCUT2D eigenvalue weighted by molar-refractivity contribution is 7.89. The molecule has 6 nitrogen and oxygen atoms in total. The Morgan fingerprint density at radius 1 is 1.02 bits per heavy atom. The minimum atomic E-state index is -3.80. The fourth-order valence-electron chi connectivity index (χ4n) is 9.74. The first-order chi connectivity index (χ1) is 20.2. The van der Waals surface area contributed by atoms with Gasteiger partial charge in [-0.05, 0) is 104 Å². The Balaban J connectivity index is 1.49. The molecule has 3 fully saturated rings. The molecule has 0 radical (unpaired) electrons. The van der Waals surface area contributed by atoms with Crippen LogP contribution in [-0.2, 0) is 19.6 Å². The van der Waals surface area contributed by atoms with Crippen LogP contribution in [0.2, 0.25) is 0 Å². The normalized spacial score (nSPS) is 35.5. The van der Waals surface area contributed by atoms with Crippen LogP contribution >= 0.6 is 0 Å². The third-order valence-corrected chi connectivity index (χ3v) is 13.3. The number of aryl methyl sites for hydroxylation is 1. The Morgan fingerprint density at radius 2 is 1.74 bits per heavy atom. The Labute approximate surface area is 260 Å². The third kappa shape index (κ3) is 6.35. The quantitative estimate of drug-likeness (QED) is 0.226. The predicted octanol–water partition coefficient (Wildman–Crippen LogP) is 8.21. The van der Waals surface area contributed by atoms with Gasteiger partial charge in [0.15, 0.2) is 0 Å². The summed E-state index contributed by atoms with van der Waals surface area (Å²) in [7, 11) is -3.80. The van der Waals surface area contributed by atoms with Gasteiger partial charge in [-0.15, -0.1) is 0 Å². The number of fused-ring (bicyclic) bond motifs is 5. The zero-order valence-electron chi connectivity index (χ0n) is 27.5. The van der Waals surface area contributed by atoms with E-state index in [0.717, 1.165) is 36.5 Å². The molecule has 4 aliphatic rings. The van der Waals surface area contributed by atoms with Crippen LogP contribution in [0.1, 0.15) is 111 Å². The lowest BCUT2D eigenvalue weighted by molar-refractivity contribution is -0.148. The molecular formula is C36H54N2O4S. The number of hydrogen-bond acceptors (Lipinski definition) is 5. The van der Waals surface area contributed by atoms with Crippen molar-refractivity contribution in [1.29, 1.82) is 0 Å². The van der Waals surface area contributed by atoms with Crippen LogP contribution in [-0.4, -0.2) is 26.2 Å². The smallest absolute Gasteiger partial charge is 0.302 e. The van der Waals surface area contributed by atoms with Gasteiger partial charge in [-0.25, -0.2) is 0 Å². The zero-order chi connectivity index (χ0) is 31.2. The molecule has 0 spiro atoms. The number of esters is 1. The van der Waals surface area contributed by atoms with Crippen molar-refractivity contribution in [3.8, 4) is 0 Å². The summed E-state index contributed by atoms with van der Waals surface area (Å²) in [4.78, 5) is 14.7. The molecule has 238 valence electrons. The molecule has 43 heavy (non-hydrogen) atoms. The Bertz CT molecular complexity index is 1350. The minimum Gasteiger partial charge on any atom is -0.462 e. The second kappa shape index (κ2) is 12.3. The topological polar surface area (TPSA) is 84.8 Å². The summed E-state index contributed by atoms with van der Waals surface area (Å²) in [6.07, 6.45) is 13.3. The number of nitrogens with one attached hydrogen (secondary N) is 1. The second-order valence-corrected chi connectivity index (χ2v) is 16.9. The molecule has 0 bridgehead atoms. The number of allylic oxidation sites excluding steroid dienone is 1. The van der Waals surface area contributed by atoms with Crippen molar-refractivity contribution in [2.24, 2.45) is 51.4 Å². The lowest BCUT2D eigenvalue weighted by Crippen LogP contribution is -2.54. The van der Waals surface area contributed by atoms with Gasteiger partial charge in [-0.3, -0.25) is 4.79 Å². The summed E-state index contributed by atoms with van der Waals surface area (Å²) in [6.45, 7) is 15.5. The van der Waals surface area contributed by atoms with Gasteiger partial charge >= 0.3 is 5.97 Å². The number of sulfonamides is 1. The lowest BCUT2D eigenvalue weighted by Gasteiger charge is -2.58. The third-order valence-electron chi connectivity index (χ3n) is 12.1. The van der Waals surface area contributed by atoms with Gasteiger partial charge in [-0.2, -0.15) is 18.4 Å². The number of hydrazone groups is 1. The van der Waals surface area contributed by atoms with Gasteiger partial charge in [0, 0.05) is 19.3 Å². The molecule has 4 aliphatic carbocycles. The van der Waals surface area contributed by atoms with Crippen molar-refractivity contribution in [1.82, 2.24) is 4.83 Å². The van der Waals surface area contributed by atoms with Crippen LogP contribution < -0.4 is 4.83 Å². The van der Waals surface area contributed by atoms with Gasteiger partial charge in [0.25, 0.3) is 10.0 Å². The van der Waals surface area contributed by atoms with Crippen LogP contribution in [0.5, 0.6) is 0 Å². The number of ether oxygens (including phenoxy) is 1. The SMILES string of the molecule is CC(=O)O[C@H]1CC[C@@]2(C)C(=CC(=NNS(=O)(=O)c3ccc(C)cc3)[C@H]3[C@@H]4CC[C@H]([C@H](C)CCCC(C)C)[C@@]4(C)CC[C@@H]32)C1. The maximum absolute atomic E-state index is 13.3. The lowest BCUT2D eigenvalue weighted by atomic mass is 9.46. The van der Waals surface area contributed by atoms with E-state index in [-0.39, 0.29) is 33.7 Å². The monoisotopic (exact) mass is 610 g/mol. The number of hydrogen-bond donors (Lipinski definition) is 1. The van der Waals surface area contributed by atoms with Crippen molar-refractivity contribution in [3.63, 3.8) is 0 Å². The highest BCUT2D eigenvalue weighted by Gasteiger charge is 2.61. The molecule has 0 heterocycles. The molecular weight excluding hydrogens is 556 g/mol. The van der Waals surface area contributed by atoms with E-state index in [0.29, 0.717) is 30.1 Å². The molecule has 8 atom stereocenters. The summed E-state index contributed by atoms with van der Waals surface area (Å²) in [5.74, 6) is 2.98. The molecule has 1 aromatic rings. The summed E-state index contributed by atoms with van der Waals surface area (Å²) in [6, 6.07) is 6.91. The van der Waals surface area contributed by atoms with Crippen LogP contribution in [0.4, 0.5) is 0 Å². The first-order valence-corrected chi connectivity index (χ1v) is 18.3. The number of nitrogens with zero attached hydrogens (tertiary/aromatic N) is 1. The fourth-order valence-corrected chi connectivity index (χ4v) is 10.6. The molecule has 3 saturated carbocycles. The van der Waals surface area contributed by atoms with Crippen molar-refractivity contribution in [3.05, 3.63) is 41.5 Å². The summed E-state index contributed by atoms with van der Waals surface area (Å²) in [5, 5.41) is 4.77. The van der Waals surface area contributed by atoms with Crippen LogP contribution in [0.3, 0.4) is 0 Å². The standard InChI is InChI=1S/C36H54N2O4S/c1-23(2)9-8-10-25(4)30-15-16-31-34-32(18-20-36(30,31)7)35(6)19-17-28(42-26(5)39)21-27(35)22-33(34)37-38-43(40,41)29-13-11-24(3)12-14-29/h11-14,22-23,25,28,30-32,34,38H,8-10,15-21H2,1-7H3/t25-,28+,30-,31+,32+,34+,35+,36-/m1/s1. The van der Waals surface area contributed by atoms with Gasteiger partial charge in [0.05, 0.1) is 10.6 Å². The van der Waals surface area contributed by atoms with E-state index < -0.39 is 10.0 Å². The van der Waals surface area contributed by atoms with Crippen LogP contribution in [0.15, 0.2) is 45.9 Å². The van der Waals surface area contributed by atoms with E-state index in [4.69, 9.17) is 9.84 Å². The fraction of sp³-hybridized carbons (Fsp3) is 0.722. The zero-order valence-corrected chi connectivity index (χ0v) is 28.3. The molecule has 7 heteroatoms. The summed E-state index contributed by atoms with van der Waals surface area (Å²) >= 11 is 0. The maximum atomic E-state index is 13.3. The number of benzene rings is 1. The molecule has 1 aromatic carbocycles. The summed E-state index contributed by atoms with van der Waals surface area (Å²) < 4.78 is 32.4. The van der Waals surface area contributed by atoms with E-state index in [9.17, 15) is 13.2 Å². The number of rotatable bonds is 9. The van der Waals surface area contributed by atoms with Crippen LogP contribution in [0, 0.1) is 53.3 Å². The molecule has 0 amide bonds. The molecule has 0 saturated heterocycles. The van der Waals surface area contributed by atoms with E-state index in [1.54, 1.807) is 12.1 Å². The average Bonchev–Trinajstić information content (AvgIpc) is 3.29. The first kappa shape index (κ1) is 32.2. The number of carbonyl (C=O) groups is 1. The Hall–Kier alpha value is -2.15. The highest BCUT2D eigenvalue weighted by Crippen LogP contribution is 2.67. The highest BCUT2D eigenvalue weighted by atomic mass is 32.2. The van der Waals surface area contributed by atoms with Gasteiger partial charge < -0.3 is 4.74 Å². The molecule has 0 aliphatic heterocycles. The molecule has 1 N–H and O–H groups in total. The Kier molecular flexibility index (Phi) is 9.25. The van der Waals surface area contributed by atoms with Gasteiger partial charge in [0.2, 0.25) is 0 Å². The van der Waals surface area contributed by atoms with Crippen molar-refractivity contribution >= 4 is 21.7 Å². The van der Waals surface area contributed by atoms with E-state index >= 15 is 0 Å². The van der Waals surface area contributed by atoms with Gasteiger partial charge in [0.1, 0.15) is 6.10 Å².